The van der Waals surface area contributed by atoms with Crippen molar-refractivity contribution in [3.63, 3.8) is 0 Å². The van der Waals surface area contributed by atoms with Crippen molar-refractivity contribution in [1.29, 1.82) is 0 Å². The molecule has 2 N–H and O–H groups in total. The van der Waals surface area contributed by atoms with Crippen LogP contribution in [0.3, 0.4) is 0 Å². The van der Waals surface area contributed by atoms with E-state index >= 15 is 0 Å². The van der Waals surface area contributed by atoms with Crippen LogP contribution in [0.2, 0.25) is 0 Å². The van der Waals surface area contributed by atoms with Gasteiger partial charge in [0.05, 0.1) is 6.54 Å². The third kappa shape index (κ3) is 3.30. The second-order valence-electron chi connectivity index (χ2n) is 4.94. The molecule has 0 unspecified atom stereocenters. The van der Waals surface area contributed by atoms with Crippen molar-refractivity contribution in [2.75, 3.05) is 27.2 Å². The van der Waals surface area contributed by atoms with Gasteiger partial charge in [-0.3, -0.25) is 19.3 Å². The molecule has 2 rings (SSSR count). The van der Waals surface area contributed by atoms with Crippen LogP contribution in [0.4, 0.5) is 0 Å². The van der Waals surface area contributed by atoms with Crippen molar-refractivity contribution < 1.29 is 5.11 Å². The van der Waals surface area contributed by atoms with Crippen molar-refractivity contribution in [2.45, 2.75) is 18.9 Å². The number of nitrogens with zero attached hydrogens (tertiary/aromatic N) is 3. The van der Waals surface area contributed by atoms with Crippen molar-refractivity contribution >= 4 is 18.4 Å². The zero-order valence-electron chi connectivity index (χ0n) is 11.1. The highest BCUT2D eigenvalue weighted by Gasteiger charge is 2.27. The number of aromatic hydroxyl groups is 1. The summed E-state index contributed by atoms with van der Waals surface area (Å²) in [4.78, 5) is 20.5. The third-order valence-electron chi connectivity index (χ3n) is 2.96. The summed E-state index contributed by atoms with van der Waals surface area (Å²) in [5.74, 6) is -0.0788. The van der Waals surface area contributed by atoms with E-state index in [0.717, 1.165) is 19.4 Å². The molecule has 1 fully saturated rings. The average molecular weight is 282 g/mol. The first-order chi connectivity index (χ1) is 9.00. The molecule has 0 radical (unpaired) electrons. The Kier molecular flexibility index (Phi) is 4.16. The molecule has 1 aliphatic rings. The second-order valence-corrected chi connectivity index (χ2v) is 5.32. The normalized spacial score (nSPS) is 15.5. The minimum Gasteiger partial charge on any atom is -0.494 e. The number of aliphatic imine (C=N–C) groups is 1. The molecular weight excluding hydrogens is 264 g/mol. The third-order valence-corrected chi connectivity index (χ3v) is 3.26. The Labute approximate surface area is 116 Å². The zero-order valence-corrected chi connectivity index (χ0v) is 11.9. The number of nitrogens with one attached hydrogen (secondary N) is 1. The Morgan fingerprint density at radius 3 is 2.84 bits per heavy atom. The Balaban J connectivity index is 2.27. The molecule has 7 heteroatoms. The summed E-state index contributed by atoms with van der Waals surface area (Å²) >= 11 is 5.07. The number of hydrogen-bond acceptors (Lipinski definition) is 5. The summed E-state index contributed by atoms with van der Waals surface area (Å²) < 4.78 is 1.87. The Morgan fingerprint density at radius 2 is 2.26 bits per heavy atom. The van der Waals surface area contributed by atoms with Gasteiger partial charge in [-0.2, -0.15) is 0 Å². The summed E-state index contributed by atoms with van der Waals surface area (Å²) in [6.45, 7) is 1.36. The van der Waals surface area contributed by atoms with Crippen LogP contribution in [0.5, 0.6) is 5.88 Å². The molecule has 1 saturated carbocycles. The van der Waals surface area contributed by atoms with Gasteiger partial charge in [-0.15, -0.1) is 0 Å². The fraction of sp³-hybridized carbons (Fsp3) is 0.583. The van der Waals surface area contributed by atoms with Gasteiger partial charge in [0, 0.05) is 18.8 Å². The summed E-state index contributed by atoms with van der Waals surface area (Å²) in [5, 5.41) is 10.1. The Bertz CT molecular complexity index is 599. The summed E-state index contributed by atoms with van der Waals surface area (Å²) in [6.07, 6.45) is 3.38. The monoisotopic (exact) mass is 282 g/mol. The standard InChI is InChI=1S/C12H18N4O2S/c1-15(2)6-5-13-7-9-10(17)14-12(19)16(11(9)18)8-3-4-8/h7-8,18H,3-6H2,1-2H3,(H,14,17,19). The minimum absolute atomic E-state index is 0.0788. The highest BCUT2D eigenvalue weighted by Crippen LogP contribution is 2.37. The molecule has 6 nitrogen and oxygen atoms in total. The van der Waals surface area contributed by atoms with Crippen molar-refractivity contribution in [2.24, 2.45) is 4.99 Å². The van der Waals surface area contributed by atoms with E-state index in [2.05, 4.69) is 9.98 Å². The molecule has 1 aliphatic carbocycles. The maximum atomic E-state index is 11.8. The smallest absolute Gasteiger partial charge is 0.264 e. The fourth-order valence-corrected chi connectivity index (χ4v) is 2.08. The van der Waals surface area contributed by atoms with Gasteiger partial charge in [0.25, 0.3) is 5.56 Å². The van der Waals surface area contributed by atoms with E-state index in [1.165, 1.54) is 6.21 Å². The molecule has 0 aromatic carbocycles. The molecule has 0 amide bonds. The lowest BCUT2D eigenvalue weighted by molar-refractivity contribution is 0.405. The largest absolute Gasteiger partial charge is 0.494 e. The van der Waals surface area contributed by atoms with E-state index in [-0.39, 0.29) is 22.3 Å². The second kappa shape index (κ2) is 5.66. The van der Waals surface area contributed by atoms with Gasteiger partial charge in [0.1, 0.15) is 5.56 Å². The number of hydrogen-bond donors (Lipinski definition) is 2. The van der Waals surface area contributed by atoms with Crippen LogP contribution in [0.15, 0.2) is 9.79 Å². The Morgan fingerprint density at radius 1 is 1.58 bits per heavy atom. The van der Waals surface area contributed by atoms with Crippen molar-refractivity contribution in [3.8, 4) is 5.88 Å². The first-order valence-corrected chi connectivity index (χ1v) is 6.64. The van der Waals surface area contributed by atoms with Gasteiger partial charge in [-0.1, -0.05) is 0 Å². The number of H-pyrrole nitrogens is 1. The van der Waals surface area contributed by atoms with Crippen LogP contribution in [-0.4, -0.2) is 53.0 Å². The SMILES string of the molecule is CN(C)CCN=Cc1c(O)n(C2CC2)c(=S)[nH]c1=O. The molecule has 0 aliphatic heterocycles. The van der Waals surface area contributed by atoms with Crippen LogP contribution >= 0.6 is 12.2 Å². The van der Waals surface area contributed by atoms with Crippen molar-refractivity contribution in [3.05, 3.63) is 20.7 Å². The molecule has 0 atom stereocenters. The average Bonchev–Trinajstić information content (AvgIpc) is 3.11. The van der Waals surface area contributed by atoms with E-state index in [1.807, 2.05) is 19.0 Å². The molecule has 104 valence electrons. The van der Waals surface area contributed by atoms with E-state index in [9.17, 15) is 9.90 Å². The molecule has 0 saturated heterocycles. The number of likely N-dealkylation sites (N-methyl/N-ethyl adjacent to an activating group) is 1. The van der Waals surface area contributed by atoms with Gasteiger partial charge < -0.3 is 10.0 Å². The highest BCUT2D eigenvalue weighted by molar-refractivity contribution is 7.71. The first-order valence-electron chi connectivity index (χ1n) is 6.23. The van der Waals surface area contributed by atoms with Crippen LogP contribution < -0.4 is 5.56 Å². The van der Waals surface area contributed by atoms with Crippen molar-refractivity contribution in [1.82, 2.24) is 14.5 Å². The number of aromatic nitrogens is 2. The van der Waals surface area contributed by atoms with E-state index in [4.69, 9.17) is 12.2 Å². The van der Waals surface area contributed by atoms with Gasteiger partial charge in [0.2, 0.25) is 5.88 Å². The lowest BCUT2D eigenvalue weighted by Crippen LogP contribution is -2.19. The van der Waals surface area contributed by atoms with Crippen LogP contribution in [-0.2, 0) is 0 Å². The van der Waals surface area contributed by atoms with Crippen LogP contribution in [0.1, 0.15) is 24.4 Å². The topological polar surface area (TPSA) is 73.6 Å². The predicted molar refractivity (Wildman–Crippen MR) is 76.8 cm³/mol. The predicted octanol–water partition coefficient (Wildman–Crippen LogP) is 0.927. The van der Waals surface area contributed by atoms with Gasteiger partial charge in [0.15, 0.2) is 4.77 Å². The van der Waals surface area contributed by atoms with Gasteiger partial charge in [-0.05, 0) is 39.2 Å². The molecule has 0 spiro atoms. The molecule has 1 heterocycles. The van der Waals surface area contributed by atoms with Crippen LogP contribution in [0.25, 0.3) is 0 Å². The summed E-state index contributed by atoms with van der Waals surface area (Å²) in [5.41, 5.74) is -0.216. The van der Waals surface area contributed by atoms with E-state index < -0.39 is 5.56 Å². The van der Waals surface area contributed by atoms with Crippen LogP contribution in [0, 0.1) is 4.77 Å². The molecule has 0 bridgehead atoms. The summed E-state index contributed by atoms with van der Waals surface area (Å²) in [7, 11) is 3.90. The molecular formula is C12H18N4O2S. The Hall–Kier alpha value is -1.47. The lowest BCUT2D eigenvalue weighted by atomic mass is 10.3. The maximum Gasteiger partial charge on any atom is 0.264 e. The fourth-order valence-electron chi connectivity index (χ4n) is 1.75. The van der Waals surface area contributed by atoms with E-state index in [0.29, 0.717) is 6.54 Å². The van der Waals surface area contributed by atoms with Gasteiger partial charge in [-0.25, -0.2) is 0 Å². The molecule has 1 aromatic heterocycles. The zero-order chi connectivity index (χ0) is 14.0. The van der Waals surface area contributed by atoms with E-state index in [1.54, 1.807) is 4.57 Å². The molecule has 19 heavy (non-hydrogen) atoms. The lowest BCUT2D eigenvalue weighted by Gasteiger charge is -2.09. The minimum atomic E-state index is -0.395. The van der Waals surface area contributed by atoms with Gasteiger partial charge >= 0.3 is 0 Å². The quantitative estimate of drug-likeness (QED) is 0.622. The number of aromatic amines is 1. The maximum absolute atomic E-state index is 11.8. The first kappa shape index (κ1) is 14.0. The highest BCUT2D eigenvalue weighted by atomic mass is 32.1. The molecule has 1 aromatic rings. The summed E-state index contributed by atoms with van der Waals surface area (Å²) in [6, 6.07) is 0.207. The number of rotatable bonds is 5.